The molecular formula is C15H24LiO3PSTe. The van der Waals surface area contributed by atoms with Gasteiger partial charge >= 0.3 is 162 Å². The molecule has 1 rings (SSSR count). The largest absolute Gasteiger partial charge is 1.00 e. The van der Waals surface area contributed by atoms with E-state index < -0.39 is 28.5 Å². The Bertz CT molecular complexity index is 426. The van der Waals surface area contributed by atoms with E-state index in [4.69, 9.17) is 9.05 Å². The molecule has 0 atom stereocenters. The number of hydrogen-bond donors (Lipinski definition) is 0. The standard InChI is InChI=1S/C15H24O3PSTe.Li/c1-4-7-13-21-15(19(16,17-5-2)18-6-3)20-14-11-9-8-10-12-14;/h8-12H,4-7,13H2,1-3H3;/q-1;+1. The minimum atomic E-state index is -3.10. The summed E-state index contributed by atoms with van der Waals surface area (Å²) in [5.41, 5.74) is 0. The van der Waals surface area contributed by atoms with E-state index >= 15 is 0 Å². The normalized spacial score (nSPS) is 11.5. The monoisotopic (exact) mass is 452 g/mol. The molecule has 0 bridgehead atoms. The smallest absolute Gasteiger partial charge is 1.00 e. The van der Waals surface area contributed by atoms with Gasteiger partial charge in [-0.3, -0.25) is 0 Å². The molecule has 0 aliphatic rings. The van der Waals surface area contributed by atoms with Crippen molar-refractivity contribution in [3.8, 4) is 0 Å². The fourth-order valence-electron chi connectivity index (χ4n) is 1.54. The molecule has 3 nitrogen and oxygen atoms in total. The zero-order chi connectivity index (χ0) is 15.6. The van der Waals surface area contributed by atoms with Crippen molar-refractivity contribution >= 4 is 40.3 Å². The molecule has 7 heteroatoms. The van der Waals surface area contributed by atoms with Crippen LogP contribution in [-0.2, 0) is 13.6 Å². The van der Waals surface area contributed by atoms with Gasteiger partial charge < -0.3 is 0 Å². The molecule has 0 amide bonds. The minimum Gasteiger partial charge on any atom is 1.00 e. The summed E-state index contributed by atoms with van der Waals surface area (Å²) >= 11 is 1.07. The zero-order valence-corrected chi connectivity index (χ0v) is 18.0. The van der Waals surface area contributed by atoms with Crippen molar-refractivity contribution in [2.45, 2.75) is 43.0 Å². The summed E-state index contributed by atoms with van der Waals surface area (Å²) in [7, 11) is -3.10. The van der Waals surface area contributed by atoms with Crippen LogP contribution in [0.25, 0.3) is 0 Å². The third kappa shape index (κ3) is 8.28. The van der Waals surface area contributed by atoms with Crippen LogP contribution >= 0.6 is 19.4 Å². The molecule has 0 aliphatic carbocycles. The number of thioether (sulfide) groups is 1. The van der Waals surface area contributed by atoms with E-state index in [-0.39, 0.29) is 18.9 Å². The maximum absolute atomic E-state index is 13.0. The number of hydrogen-bond acceptors (Lipinski definition) is 4. The quantitative estimate of drug-likeness (QED) is 0.171. The molecular weight excluding hydrogens is 426 g/mol. The Hall–Kier alpha value is 1.11. The molecule has 1 aromatic rings. The zero-order valence-electron chi connectivity index (χ0n) is 13.9. The second kappa shape index (κ2) is 13.4. The van der Waals surface area contributed by atoms with Crippen LogP contribution in [0.1, 0.15) is 33.6 Å². The van der Waals surface area contributed by atoms with E-state index in [0.717, 1.165) is 12.4 Å². The first-order chi connectivity index (χ1) is 10.2. The maximum Gasteiger partial charge on any atom is 1.00 e. The Morgan fingerprint density at radius 3 is 2.23 bits per heavy atom. The van der Waals surface area contributed by atoms with E-state index in [1.54, 1.807) is 11.8 Å². The number of benzene rings is 1. The number of rotatable bonds is 11. The van der Waals surface area contributed by atoms with Gasteiger partial charge in [-0.2, -0.15) is 0 Å². The summed E-state index contributed by atoms with van der Waals surface area (Å²) in [4.78, 5) is 1.11. The van der Waals surface area contributed by atoms with E-state index in [0.29, 0.717) is 13.2 Å². The Labute approximate surface area is 161 Å². The molecule has 22 heavy (non-hydrogen) atoms. The summed E-state index contributed by atoms with van der Waals surface area (Å²) < 4.78 is 26.2. The third-order valence-corrected chi connectivity index (χ3v) is 12.2. The molecule has 0 radical (unpaired) electrons. The summed E-state index contributed by atoms with van der Waals surface area (Å²) in [6.45, 7) is 6.74. The number of unbranched alkanes of at least 4 members (excludes halogenated alkanes) is 1. The first-order valence-corrected chi connectivity index (χ1v) is 12.5. The second-order valence-corrected chi connectivity index (χ2v) is 12.5. The Balaban J connectivity index is 0.00000441. The third-order valence-electron chi connectivity index (χ3n) is 2.49. The van der Waals surface area contributed by atoms with Crippen LogP contribution in [0, 0.1) is 3.04 Å². The van der Waals surface area contributed by atoms with Crippen molar-refractivity contribution in [2.24, 2.45) is 0 Å². The van der Waals surface area contributed by atoms with Crippen LogP contribution in [0.15, 0.2) is 35.2 Å². The molecule has 0 aliphatic heterocycles. The van der Waals surface area contributed by atoms with Crippen LogP contribution in [0.5, 0.6) is 0 Å². The van der Waals surface area contributed by atoms with Crippen LogP contribution < -0.4 is 18.9 Å². The molecule has 0 saturated carbocycles. The second-order valence-electron chi connectivity index (χ2n) is 4.22. The van der Waals surface area contributed by atoms with Crippen molar-refractivity contribution in [2.75, 3.05) is 13.2 Å². The molecule has 0 unspecified atom stereocenters. The minimum absolute atomic E-state index is 0. The average Bonchev–Trinajstić information content (AvgIpc) is 2.48. The molecule has 0 fully saturated rings. The maximum atomic E-state index is 13.0. The van der Waals surface area contributed by atoms with Gasteiger partial charge in [0.05, 0.1) is 0 Å². The van der Waals surface area contributed by atoms with Gasteiger partial charge in [-0.1, -0.05) is 0 Å². The summed E-state index contributed by atoms with van der Waals surface area (Å²) in [6, 6.07) is 10.1. The molecule has 0 saturated heterocycles. The average molecular weight is 450 g/mol. The Morgan fingerprint density at radius 1 is 1.14 bits per heavy atom. The van der Waals surface area contributed by atoms with Gasteiger partial charge in [-0.15, -0.1) is 0 Å². The van der Waals surface area contributed by atoms with Gasteiger partial charge in [0.2, 0.25) is 0 Å². The van der Waals surface area contributed by atoms with Crippen LogP contribution in [0.2, 0.25) is 4.47 Å². The molecule has 0 aromatic heterocycles. The van der Waals surface area contributed by atoms with Gasteiger partial charge in [-0.25, -0.2) is 0 Å². The first kappa shape index (κ1) is 23.1. The summed E-state index contributed by atoms with van der Waals surface area (Å²) in [6.07, 6.45) is 2.35. The molecule has 120 valence electrons. The first-order valence-electron chi connectivity index (χ1n) is 7.28. The van der Waals surface area contributed by atoms with Gasteiger partial charge in [0, 0.05) is 0 Å². The topological polar surface area (TPSA) is 35.5 Å². The summed E-state index contributed by atoms with van der Waals surface area (Å²) in [5, 5.41) is 0. The van der Waals surface area contributed by atoms with Crippen molar-refractivity contribution in [1.29, 1.82) is 0 Å². The van der Waals surface area contributed by atoms with Gasteiger partial charge in [0.1, 0.15) is 0 Å². The van der Waals surface area contributed by atoms with Crippen molar-refractivity contribution in [1.82, 2.24) is 0 Å². The van der Waals surface area contributed by atoms with Crippen molar-refractivity contribution in [3.63, 3.8) is 0 Å². The van der Waals surface area contributed by atoms with E-state index in [9.17, 15) is 4.57 Å². The predicted molar refractivity (Wildman–Crippen MR) is 91.9 cm³/mol. The van der Waals surface area contributed by atoms with Gasteiger partial charge in [0.25, 0.3) is 0 Å². The molecule has 0 spiro atoms. The van der Waals surface area contributed by atoms with Gasteiger partial charge in [0.15, 0.2) is 0 Å². The van der Waals surface area contributed by atoms with Crippen LogP contribution in [0.4, 0.5) is 0 Å². The molecule has 1 aromatic carbocycles. The Kier molecular flexibility index (Phi) is 14.1. The van der Waals surface area contributed by atoms with E-state index in [1.807, 2.05) is 44.2 Å². The predicted octanol–water partition coefficient (Wildman–Crippen LogP) is 2.42. The van der Waals surface area contributed by atoms with E-state index in [2.05, 4.69) is 6.92 Å². The Morgan fingerprint density at radius 2 is 1.73 bits per heavy atom. The van der Waals surface area contributed by atoms with E-state index in [1.165, 1.54) is 12.8 Å². The molecule has 0 heterocycles. The fourth-order valence-corrected chi connectivity index (χ4v) is 10.8. The fraction of sp³-hybridized carbons (Fsp3) is 0.533. The molecule has 0 N–H and O–H groups in total. The van der Waals surface area contributed by atoms with Crippen molar-refractivity contribution < 1.29 is 32.5 Å². The van der Waals surface area contributed by atoms with Crippen LogP contribution in [-0.4, -0.2) is 34.1 Å². The summed E-state index contributed by atoms with van der Waals surface area (Å²) in [5.74, 6) is 0. The van der Waals surface area contributed by atoms with Crippen molar-refractivity contribution in [3.05, 3.63) is 33.4 Å². The SMILES string of the molecule is CCCC[Te][C-](Sc1ccccc1)P(=O)(OCC)OCC.[Li+]. The van der Waals surface area contributed by atoms with Crippen LogP contribution in [0.3, 0.4) is 0 Å². The van der Waals surface area contributed by atoms with Gasteiger partial charge in [-0.05, 0) is 0 Å².